The van der Waals surface area contributed by atoms with Gasteiger partial charge < -0.3 is 5.32 Å². The molecule has 118 valence electrons. The molecule has 2 atom stereocenters. The molecule has 1 aliphatic rings. The predicted octanol–water partition coefficient (Wildman–Crippen LogP) is 3.70. The molecular weight excluding hydrogens is 277 g/mol. The van der Waals surface area contributed by atoms with E-state index in [1.54, 1.807) is 12.1 Å². The molecule has 1 aliphatic heterocycles. The fraction of sp³-hybridized carbons (Fsp3) is 0.625. The van der Waals surface area contributed by atoms with Crippen molar-refractivity contribution in [2.24, 2.45) is 5.92 Å². The van der Waals surface area contributed by atoms with Crippen molar-refractivity contribution in [2.75, 3.05) is 26.2 Å². The first-order valence-corrected chi connectivity index (χ1v) is 7.56. The number of rotatable bonds is 4. The Morgan fingerprint density at radius 2 is 1.81 bits per heavy atom. The zero-order valence-electron chi connectivity index (χ0n) is 12.6. The zero-order chi connectivity index (χ0) is 15.5. The Morgan fingerprint density at radius 1 is 1.19 bits per heavy atom. The van der Waals surface area contributed by atoms with Gasteiger partial charge in [-0.2, -0.15) is 13.2 Å². The minimum absolute atomic E-state index is 0.171. The van der Waals surface area contributed by atoms with Crippen LogP contribution in [0, 0.1) is 5.92 Å². The summed E-state index contributed by atoms with van der Waals surface area (Å²) in [7, 11) is 0. The molecule has 0 aromatic heterocycles. The number of nitrogens with zero attached hydrogens (tertiary/aromatic N) is 1. The summed E-state index contributed by atoms with van der Waals surface area (Å²) in [4.78, 5) is 2.19. The smallest absolute Gasteiger partial charge is 0.314 e. The molecule has 0 bridgehead atoms. The molecule has 1 fully saturated rings. The maximum atomic E-state index is 13.3. The highest BCUT2D eigenvalue weighted by atomic mass is 19.4. The highest BCUT2D eigenvalue weighted by molar-refractivity contribution is 5.33. The lowest BCUT2D eigenvalue weighted by atomic mass is 9.87. The van der Waals surface area contributed by atoms with E-state index in [0.29, 0.717) is 5.56 Å². The van der Waals surface area contributed by atoms with Crippen LogP contribution in [0.5, 0.6) is 0 Å². The molecule has 5 heteroatoms. The van der Waals surface area contributed by atoms with Gasteiger partial charge >= 0.3 is 6.18 Å². The minimum atomic E-state index is -4.30. The maximum absolute atomic E-state index is 13.3. The van der Waals surface area contributed by atoms with Gasteiger partial charge in [0.15, 0.2) is 0 Å². The third kappa shape index (κ3) is 3.77. The van der Waals surface area contributed by atoms with Crippen molar-refractivity contribution in [1.82, 2.24) is 10.2 Å². The van der Waals surface area contributed by atoms with E-state index in [-0.39, 0.29) is 12.0 Å². The summed E-state index contributed by atoms with van der Waals surface area (Å²) in [6, 6.07) is 5.85. The molecule has 0 radical (unpaired) electrons. The van der Waals surface area contributed by atoms with Crippen molar-refractivity contribution < 1.29 is 13.2 Å². The Balaban J connectivity index is 2.41. The summed E-state index contributed by atoms with van der Waals surface area (Å²) in [5, 5.41) is 3.26. The Labute approximate surface area is 124 Å². The lowest BCUT2D eigenvalue weighted by molar-refractivity contribution is -0.139. The van der Waals surface area contributed by atoms with E-state index in [2.05, 4.69) is 10.2 Å². The summed E-state index contributed by atoms with van der Waals surface area (Å²) in [5.41, 5.74) is -0.0740. The molecule has 1 aromatic rings. The van der Waals surface area contributed by atoms with Gasteiger partial charge in [0, 0.05) is 32.2 Å². The van der Waals surface area contributed by atoms with Crippen LogP contribution >= 0.6 is 0 Å². The van der Waals surface area contributed by atoms with Gasteiger partial charge in [0.05, 0.1) is 5.56 Å². The Bertz CT molecular complexity index is 453. The van der Waals surface area contributed by atoms with Crippen molar-refractivity contribution in [3.63, 3.8) is 0 Å². The molecule has 1 aromatic carbocycles. The van der Waals surface area contributed by atoms with Crippen LogP contribution in [0.1, 0.15) is 37.4 Å². The molecule has 2 rings (SSSR count). The topological polar surface area (TPSA) is 15.3 Å². The quantitative estimate of drug-likeness (QED) is 0.912. The first-order valence-electron chi connectivity index (χ1n) is 7.56. The predicted molar refractivity (Wildman–Crippen MR) is 78.1 cm³/mol. The van der Waals surface area contributed by atoms with E-state index in [1.807, 2.05) is 13.8 Å². The summed E-state index contributed by atoms with van der Waals surface area (Å²) >= 11 is 0. The van der Waals surface area contributed by atoms with Gasteiger partial charge in [-0.3, -0.25) is 4.90 Å². The molecular formula is C16H23F3N2. The molecule has 1 N–H and O–H groups in total. The SMILES string of the molecule is CCC(C)[C@H](c1ccccc1C(F)(F)F)N1CCNCC1. The van der Waals surface area contributed by atoms with E-state index in [1.165, 1.54) is 12.1 Å². The maximum Gasteiger partial charge on any atom is 0.416 e. The molecule has 1 heterocycles. The molecule has 0 amide bonds. The second-order valence-corrected chi connectivity index (χ2v) is 5.70. The van der Waals surface area contributed by atoms with Gasteiger partial charge in [-0.25, -0.2) is 0 Å². The van der Waals surface area contributed by atoms with Crippen LogP contribution in [0.3, 0.4) is 0 Å². The van der Waals surface area contributed by atoms with Crippen molar-refractivity contribution in [1.29, 1.82) is 0 Å². The van der Waals surface area contributed by atoms with Crippen LogP contribution in [-0.2, 0) is 6.18 Å². The first-order chi connectivity index (χ1) is 9.95. The van der Waals surface area contributed by atoms with E-state index in [0.717, 1.165) is 32.6 Å². The number of alkyl halides is 3. The summed E-state index contributed by atoms with van der Waals surface area (Å²) in [6.07, 6.45) is -3.43. The number of nitrogens with one attached hydrogen (secondary N) is 1. The summed E-state index contributed by atoms with van der Waals surface area (Å²) < 4.78 is 39.9. The lowest BCUT2D eigenvalue weighted by Crippen LogP contribution is -2.47. The third-order valence-corrected chi connectivity index (χ3v) is 4.31. The van der Waals surface area contributed by atoms with Gasteiger partial charge in [0.25, 0.3) is 0 Å². The fourth-order valence-corrected chi connectivity index (χ4v) is 3.06. The van der Waals surface area contributed by atoms with Crippen molar-refractivity contribution in [3.8, 4) is 0 Å². The Kier molecular flexibility index (Phi) is 5.27. The molecule has 1 unspecified atom stereocenters. The van der Waals surface area contributed by atoms with E-state index in [4.69, 9.17) is 0 Å². The van der Waals surface area contributed by atoms with E-state index in [9.17, 15) is 13.2 Å². The largest absolute Gasteiger partial charge is 0.416 e. The van der Waals surface area contributed by atoms with Crippen LogP contribution in [0.4, 0.5) is 13.2 Å². The molecule has 0 aliphatic carbocycles. The third-order valence-electron chi connectivity index (χ3n) is 4.31. The normalized spacial score (nSPS) is 20.2. The average Bonchev–Trinajstić information content (AvgIpc) is 2.48. The standard InChI is InChI=1S/C16H23F3N2/c1-3-12(2)15(21-10-8-20-9-11-21)13-6-4-5-7-14(13)16(17,18)19/h4-7,12,15,20H,3,8-11H2,1-2H3/t12?,15-/m1/s1. The van der Waals surface area contributed by atoms with Crippen molar-refractivity contribution in [3.05, 3.63) is 35.4 Å². The van der Waals surface area contributed by atoms with Gasteiger partial charge in [0.1, 0.15) is 0 Å². The summed E-state index contributed by atoms with van der Waals surface area (Å²) in [6.45, 7) is 7.33. The van der Waals surface area contributed by atoms with Crippen molar-refractivity contribution >= 4 is 0 Å². The van der Waals surface area contributed by atoms with E-state index < -0.39 is 11.7 Å². The number of hydrogen-bond donors (Lipinski definition) is 1. The van der Waals surface area contributed by atoms with Crippen LogP contribution in [0.25, 0.3) is 0 Å². The number of benzene rings is 1. The molecule has 0 saturated carbocycles. The highest BCUT2D eigenvalue weighted by Gasteiger charge is 2.37. The first kappa shape index (κ1) is 16.3. The lowest BCUT2D eigenvalue weighted by Gasteiger charge is -2.39. The van der Waals surface area contributed by atoms with Crippen molar-refractivity contribution in [2.45, 2.75) is 32.5 Å². The summed E-state index contributed by atoms with van der Waals surface area (Å²) in [5.74, 6) is 0.187. The molecule has 0 spiro atoms. The number of halogens is 3. The van der Waals surface area contributed by atoms with Crippen LogP contribution in [0.2, 0.25) is 0 Å². The second kappa shape index (κ2) is 6.79. The zero-order valence-corrected chi connectivity index (χ0v) is 12.6. The van der Waals surface area contributed by atoms with Gasteiger partial charge in [-0.1, -0.05) is 38.5 Å². The second-order valence-electron chi connectivity index (χ2n) is 5.70. The van der Waals surface area contributed by atoms with Crippen LogP contribution in [0.15, 0.2) is 24.3 Å². The molecule has 2 nitrogen and oxygen atoms in total. The van der Waals surface area contributed by atoms with Crippen LogP contribution < -0.4 is 5.32 Å². The molecule has 1 saturated heterocycles. The fourth-order valence-electron chi connectivity index (χ4n) is 3.06. The highest BCUT2D eigenvalue weighted by Crippen LogP contribution is 2.39. The minimum Gasteiger partial charge on any atom is -0.314 e. The van der Waals surface area contributed by atoms with Gasteiger partial charge in [0.2, 0.25) is 0 Å². The van der Waals surface area contributed by atoms with Gasteiger partial charge in [-0.05, 0) is 17.5 Å². The Morgan fingerprint density at radius 3 is 2.38 bits per heavy atom. The monoisotopic (exact) mass is 300 g/mol. The number of hydrogen-bond acceptors (Lipinski definition) is 2. The van der Waals surface area contributed by atoms with E-state index >= 15 is 0 Å². The van der Waals surface area contributed by atoms with Gasteiger partial charge in [-0.15, -0.1) is 0 Å². The average molecular weight is 300 g/mol. The number of piperazine rings is 1. The Hall–Kier alpha value is -1.07. The molecule has 21 heavy (non-hydrogen) atoms. The van der Waals surface area contributed by atoms with Crippen LogP contribution in [-0.4, -0.2) is 31.1 Å².